The zero-order valence-corrected chi connectivity index (χ0v) is 17.0. The molecule has 0 aliphatic heterocycles. The van der Waals surface area contributed by atoms with Gasteiger partial charge in [-0.1, -0.05) is 0 Å². The van der Waals surface area contributed by atoms with Gasteiger partial charge in [0.2, 0.25) is 0 Å². The molecule has 29 heavy (non-hydrogen) atoms. The number of hydrogen-bond acceptors (Lipinski definition) is 6. The van der Waals surface area contributed by atoms with Crippen molar-refractivity contribution in [3.8, 4) is 17.4 Å². The molecule has 0 N–H and O–H groups in total. The van der Waals surface area contributed by atoms with Crippen LogP contribution in [0.1, 0.15) is 45.7 Å². The molecule has 0 unspecified atom stereocenters. The van der Waals surface area contributed by atoms with Crippen LogP contribution in [0.3, 0.4) is 0 Å². The summed E-state index contributed by atoms with van der Waals surface area (Å²) in [5.74, 6) is 1.21. The van der Waals surface area contributed by atoms with Crippen molar-refractivity contribution >= 4 is 28.2 Å². The molecular formula is C22H19N3O3S. The first kappa shape index (κ1) is 19.1. The van der Waals surface area contributed by atoms with Crippen molar-refractivity contribution in [2.75, 3.05) is 0 Å². The summed E-state index contributed by atoms with van der Waals surface area (Å²) in [4.78, 5) is 16.5. The Hall–Kier alpha value is -3.24. The summed E-state index contributed by atoms with van der Waals surface area (Å²) < 4.78 is 5.91. The molecule has 1 aliphatic carbocycles. The third-order valence-corrected chi connectivity index (χ3v) is 6.62. The summed E-state index contributed by atoms with van der Waals surface area (Å²) in [6.45, 7) is 3.59. The first-order valence-electron chi connectivity index (χ1n) is 9.43. The van der Waals surface area contributed by atoms with Crippen molar-refractivity contribution in [2.24, 2.45) is 4.99 Å². The van der Waals surface area contributed by atoms with Crippen LogP contribution in [-0.2, 0) is 12.8 Å². The van der Waals surface area contributed by atoms with Crippen molar-refractivity contribution < 1.29 is 9.34 Å². The average Bonchev–Trinajstić information content (AvgIpc) is 3.32. The molecule has 6 nitrogen and oxygen atoms in total. The average molecular weight is 405 g/mol. The summed E-state index contributed by atoms with van der Waals surface area (Å²) in [5, 5.41) is 21.4. The van der Waals surface area contributed by atoms with Crippen molar-refractivity contribution in [3.63, 3.8) is 0 Å². The number of aliphatic imine (C=N–C) groups is 1. The van der Waals surface area contributed by atoms with E-state index in [0.717, 1.165) is 47.4 Å². The summed E-state index contributed by atoms with van der Waals surface area (Å²) in [6.07, 6.45) is 5.89. The maximum atomic E-state index is 11.1. The zero-order valence-electron chi connectivity index (χ0n) is 16.2. The van der Waals surface area contributed by atoms with Gasteiger partial charge in [0, 0.05) is 22.1 Å². The topological polar surface area (TPSA) is 92.4 Å². The number of rotatable bonds is 4. The van der Waals surface area contributed by atoms with Crippen molar-refractivity contribution in [3.05, 3.63) is 67.3 Å². The van der Waals surface area contributed by atoms with Gasteiger partial charge in [0.1, 0.15) is 22.6 Å². The minimum Gasteiger partial charge on any atom is -0.455 e. The summed E-state index contributed by atoms with van der Waals surface area (Å²) in [7, 11) is 0. The highest BCUT2D eigenvalue weighted by Gasteiger charge is 2.20. The van der Waals surface area contributed by atoms with E-state index in [2.05, 4.69) is 11.1 Å². The second-order valence-electron chi connectivity index (χ2n) is 7.10. The molecule has 2 aromatic heterocycles. The molecule has 0 fully saturated rings. The Labute approximate surface area is 172 Å². The molecule has 0 radical (unpaired) electrons. The fourth-order valence-electron chi connectivity index (χ4n) is 3.72. The molecule has 1 aliphatic rings. The first-order chi connectivity index (χ1) is 14.0. The van der Waals surface area contributed by atoms with Crippen LogP contribution in [0.25, 0.3) is 11.3 Å². The molecule has 2 heterocycles. The SMILES string of the molecule is Cc1c(-c2ccc(/C=N/c3sc4c(c3C#N)CCCC4)o2)ccc([N+](=O)[O-])c1C. The third-order valence-electron chi connectivity index (χ3n) is 5.42. The molecule has 146 valence electrons. The Morgan fingerprint density at radius 2 is 2.00 bits per heavy atom. The highest BCUT2D eigenvalue weighted by molar-refractivity contribution is 7.16. The zero-order chi connectivity index (χ0) is 20.5. The molecule has 3 aromatic rings. The lowest BCUT2D eigenvalue weighted by Crippen LogP contribution is -1.99. The molecular weight excluding hydrogens is 386 g/mol. The second-order valence-corrected chi connectivity index (χ2v) is 8.19. The van der Waals surface area contributed by atoms with Crippen LogP contribution in [0, 0.1) is 35.3 Å². The maximum Gasteiger partial charge on any atom is 0.272 e. The first-order valence-corrected chi connectivity index (χ1v) is 10.2. The molecule has 0 spiro atoms. The Morgan fingerprint density at radius 3 is 2.76 bits per heavy atom. The Morgan fingerprint density at radius 1 is 1.21 bits per heavy atom. The van der Waals surface area contributed by atoms with Gasteiger partial charge < -0.3 is 4.42 Å². The summed E-state index contributed by atoms with van der Waals surface area (Å²) in [5.41, 5.74) is 4.21. The van der Waals surface area contributed by atoms with Gasteiger partial charge in [-0.05, 0) is 68.9 Å². The number of benzene rings is 1. The van der Waals surface area contributed by atoms with E-state index in [-0.39, 0.29) is 10.6 Å². The van der Waals surface area contributed by atoms with Gasteiger partial charge in [0.15, 0.2) is 0 Å². The van der Waals surface area contributed by atoms with E-state index in [1.165, 1.54) is 10.9 Å². The van der Waals surface area contributed by atoms with Crippen LogP contribution in [0.15, 0.2) is 33.7 Å². The lowest BCUT2D eigenvalue weighted by molar-refractivity contribution is -0.385. The van der Waals surface area contributed by atoms with Gasteiger partial charge in [-0.2, -0.15) is 5.26 Å². The number of nitrogens with zero attached hydrogens (tertiary/aromatic N) is 3. The van der Waals surface area contributed by atoms with Gasteiger partial charge in [0.25, 0.3) is 5.69 Å². The summed E-state index contributed by atoms with van der Waals surface area (Å²) in [6, 6.07) is 9.17. The van der Waals surface area contributed by atoms with Gasteiger partial charge in [-0.3, -0.25) is 10.1 Å². The molecule has 0 atom stereocenters. The Bertz CT molecular complexity index is 1180. The highest BCUT2D eigenvalue weighted by Crippen LogP contribution is 2.39. The van der Waals surface area contributed by atoms with Crippen LogP contribution >= 0.6 is 11.3 Å². The van der Waals surface area contributed by atoms with Crippen LogP contribution in [0.2, 0.25) is 0 Å². The minimum absolute atomic E-state index is 0.102. The third kappa shape index (κ3) is 3.47. The minimum atomic E-state index is -0.375. The van der Waals surface area contributed by atoms with Crippen LogP contribution in [0.5, 0.6) is 0 Å². The number of nitriles is 1. The quantitative estimate of drug-likeness (QED) is 0.301. The Kier molecular flexibility index (Phi) is 5.03. The fourth-order valence-corrected chi connectivity index (χ4v) is 4.90. The number of nitro benzene ring substituents is 1. The van der Waals surface area contributed by atoms with Gasteiger partial charge in [0.05, 0.1) is 16.7 Å². The maximum absolute atomic E-state index is 11.1. The van der Waals surface area contributed by atoms with E-state index in [1.54, 1.807) is 30.5 Å². The van der Waals surface area contributed by atoms with Crippen molar-refractivity contribution in [1.82, 2.24) is 0 Å². The second kappa shape index (κ2) is 7.64. The monoisotopic (exact) mass is 405 g/mol. The van der Waals surface area contributed by atoms with E-state index >= 15 is 0 Å². The fraction of sp³-hybridized carbons (Fsp3) is 0.273. The highest BCUT2D eigenvalue weighted by atomic mass is 32.1. The van der Waals surface area contributed by atoms with E-state index in [4.69, 9.17) is 4.42 Å². The number of nitro groups is 1. The number of thiophene rings is 1. The van der Waals surface area contributed by atoms with Crippen LogP contribution in [-0.4, -0.2) is 11.1 Å². The number of aryl methyl sites for hydroxylation is 1. The van der Waals surface area contributed by atoms with Gasteiger partial charge in [-0.25, -0.2) is 4.99 Å². The largest absolute Gasteiger partial charge is 0.455 e. The number of hydrogen-bond donors (Lipinski definition) is 0. The number of furan rings is 1. The van der Waals surface area contributed by atoms with E-state index in [0.29, 0.717) is 22.6 Å². The predicted octanol–water partition coefficient (Wildman–Crippen LogP) is 6.03. The van der Waals surface area contributed by atoms with Crippen LogP contribution < -0.4 is 0 Å². The Balaban J connectivity index is 1.63. The molecule has 7 heteroatoms. The number of fused-ring (bicyclic) bond motifs is 1. The molecule has 0 amide bonds. The molecule has 0 bridgehead atoms. The standard InChI is InChI=1S/C22H19N3O3S/c1-13-14(2)19(25(26)27)9-8-16(13)20-10-7-15(28-20)12-24-22-18(11-23)17-5-3-4-6-21(17)29-22/h7-10,12H,3-6H2,1-2H3/b24-12+. The molecule has 1 aromatic carbocycles. The smallest absolute Gasteiger partial charge is 0.272 e. The van der Waals surface area contributed by atoms with Crippen molar-refractivity contribution in [2.45, 2.75) is 39.5 Å². The van der Waals surface area contributed by atoms with Crippen LogP contribution in [0.4, 0.5) is 10.7 Å². The predicted molar refractivity (Wildman–Crippen MR) is 113 cm³/mol. The van der Waals surface area contributed by atoms with Gasteiger partial charge in [-0.15, -0.1) is 11.3 Å². The lowest BCUT2D eigenvalue weighted by atomic mass is 9.96. The van der Waals surface area contributed by atoms with E-state index in [9.17, 15) is 15.4 Å². The van der Waals surface area contributed by atoms with E-state index < -0.39 is 0 Å². The molecule has 0 saturated carbocycles. The van der Waals surface area contributed by atoms with Crippen molar-refractivity contribution in [1.29, 1.82) is 5.26 Å². The lowest BCUT2D eigenvalue weighted by Gasteiger charge is -2.09. The van der Waals surface area contributed by atoms with E-state index in [1.807, 2.05) is 19.1 Å². The summed E-state index contributed by atoms with van der Waals surface area (Å²) >= 11 is 1.59. The normalized spacial score (nSPS) is 13.4. The molecule has 4 rings (SSSR count). The van der Waals surface area contributed by atoms with Gasteiger partial charge >= 0.3 is 0 Å². The molecule has 0 saturated heterocycles.